The lowest BCUT2D eigenvalue weighted by atomic mass is 9.97. The maximum atomic E-state index is 11.0. The monoisotopic (exact) mass is 795 g/mol. The molecule has 0 unspecified atom stereocenters. The zero-order chi connectivity index (χ0) is 41.0. The molecule has 0 aliphatic rings. The van der Waals surface area contributed by atoms with E-state index < -0.39 is 0 Å². The number of aromatic nitrogens is 5. The fraction of sp³-hybridized carbons (Fsp3) is 0.0755. The number of hydrogen-bond donors (Lipinski definition) is 2. The van der Waals surface area contributed by atoms with Crippen LogP contribution in [0.3, 0.4) is 0 Å². The molecule has 0 fully saturated rings. The Morgan fingerprint density at radius 1 is 0.590 bits per heavy atom. The normalized spacial score (nSPS) is 11.3. The summed E-state index contributed by atoms with van der Waals surface area (Å²) in [5.74, 6) is 1.66. The highest BCUT2D eigenvalue weighted by molar-refractivity contribution is 6.02. The first-order chi connectivity index (χ1) is 30.1. The van der Waals surface area contributed by atoms with Crippen LogP contribution in [-0.4, -0.2) is 29.7 Å². The number of benzene rings is 8. The lowest BCUT2D eigenvalue weighted by Gasteiger charge is -2.15. The summed E-state index contributed by atoms with van der Waals surface area (Å²) < 4.78 is 10.2. The Kier molecular flexibility index (Phi) is 10.3. The summed E-state index contributed by atoms with van der Waals surface area (Å²) in [5, 5.41) is 27.1. The van der Waals surface area contributed by atoms with E-state index in [0.29, 0.717) is 24.5 Å². The van der Waals surface area contributed by atoms with Gasteiger partial charge in [0.15, 0.2) is 0 Å². The van der Waals surface area contributed by atoms with E-state index in [4.69, 9.17) is 9.72 Å². The van der Waals surface area contributed by atoms with Crippen LogP contribution in [0.5, 0.6) is 11.5 Å². The number of fused-ring (bicyclic) bond motifs is 2. The number of phenols is 1. The largest absolute Gasteiger partial charge is 0.507 e. The number of phenolic OH excluding ortho intramolecular Hbond substituents is 1. The SMILES string of the molecule is Oc1ccccc1-c1nc(-c2ccccc2)c(-c2ccccc2)n1-c1ccc(C[NH2+]Cc2ccc(OCc3cn(Cc4c5ccccc5cc5ccccc45)nn3)cc2)cc1. The summed E-state index contributed by atoms with van der Waals surface area (Å²) in [6.45, 7) is 2.61. The molecule has 8 heteroatoms. The minimum atomic E-state index is 0.185. The number of nitrogens with zero attached hydrogens (tertiary/aromatic N) is 5. The van der Waals surface area contributed by atoms with E-state index in [0.717, 1.165) is 52.7 Å². The molecular formula is C53H43N6O2+. The highest BCUT2D eigenvalue weighted by Crippen LogP contribution is 2.40. The maximum absolute atomic E-state index is 11.0. The zero-order valence-electron chi connectivity index (χ0n) is 33.5. The molecule has 3 N–H and O–H groups in total. The van der Waals surface area contributed by atoms with Gasteiger partial charge < -0.3 is 15.2 Å². The second-order valence-electron chi connectivity index (χ2n) is 15.2. The van der Waals surface area contributed by atoms with Gasteiger partial charge in [-0.25, -0.2) is 9.67 Å². The highest BCUT2D eigenvalue weighted by Gasteiger charge is 2.24. The summed E-state index contributed by atoms with van der Waals surface area (Å²) >= 11 is 0. The van der Waals surface area contributed by atoms with E-state index >= 15 is 0 Å². The third-order valence-electron chi connectivity index (χ3n) is 11.2. The first-order valence-corrected chi connectivity index (χ1v) is 20.6. The third-order valence-corrected chi connectivity index (χ3v) is 11.2. The van der Waals surface area contributed by atoms with Crippen LogP contribution >= 0.6 is 0 Å². The van der Waals surface area contributed by atoms with Crippen LogP contribution in [-0.2, 0) is 26.2 Å². The van der Waals surface area contributed by atoms with E-state index in [2.05, 4.69) is 135 Å². The molecule has 8 aromatic carbocycles. The van der Waals surface area contributed by atoms with Gasteiger partial charge in [-0.05, 0) is 81.7 Å². The Balaban J connectivity index is 0.801. The van der Waals surface area contributed by atoms with Gasteiger partial charge >= 0.3 is 0 Å². The molecule has 10 aromatic rings. The number of rotatable bonds is 13. The summed E-state index contributed by atoms with van der Waals surface area (Å²) in [5.41, 5.74) is 9.94. The molecule has 0 atom stereocenters. The second-order valence-corrected chi connectivity index (χ2v) is 15.2. The van der Waals surface area contributed by atoms with Crippen molar-refractivity contribution >= 4 is 21.5 Å². The fourth-order valence-electron chi connectivity index (χ4n) is 8.16. The van der Waals surface area contributed by atoms with Crippen molar-refractivity contribution in [3.05, 3.63) is 217 Å². The third kappa shape index (κ3) is 7.88. The number of aromatic hydroxyl groups is 1. The Labute approximate surface area is 354 Å². The van der Waals surface area contributed by atoms with Gasteiger partial charge in [0.25, 0.3) is 0 Å². The molecule has 10 rings (SSSR count). The molecule has 0 aliphatic heterocycles. The van der Waals surface area contributed by atoms with E-state index in [-0.39, 0.29) is 5.75 Å². The number of para-hydroxylation sites is 1. The van der Waals surface area contributed by atoms with Gasteiger partial charge in [0.2, 0.25) is 0 Å². The van der Waals surface area contributed by atoms with E-state index in [1.54, 1.807) is 6.07 Å². The lowest BCUT2D eigenvalue weighted by molar-refractivity contribution is -0.686. The van der Waals surface area contributed by atoms with Gasteiger partial charge in [-0.15, -0.1) is 5.10 Å². The highest BCUT2D eigenvalue weighted by atomic mass is 16.5. The quantitative estimate of drug-likeness (QED) is 0.113. The molecular weight excluding hydrogens is 753 g/mol. The number of imidazole rings is 1. The van der Waals surface area contributed by atoms with Crippen LogP contribution in [0.15, 0.2) is 194 Å². The molecule has 0 aliphatic carbocycles. The Bertz CT molecular complexity index is 3030. The second kappa shape index (κ2) is 16.8. The van der Waals surface area contributed by atoms with E-state index in [1.807, 2.05) is 77.6 Å². The van der Waals surface area contributed by atoms with Crippen molar-refractivity contribution in [1.82, 2.24) is 24.5 Å². The molecule has 2 aromatic heterocycles. The number of hydrogen-bond acceptors (Lipinski definition) is 5. The number of ether oxygens (including phenoxy) is 1. The molecule has 0 saturated carbocycles. The van der Waals surface area contributed by atoms with Crippen molar-refractivity contribution < 1.29 is 15.2 Å². The molecule has 0 amide bonds. The molecule has 296 valence electrons. The van der Waals surface area contributed by atoms with Gasteiger partial charge in [-0.1, -0.05) is 139 Å². The minimum Gasteiger partial charge on any atom is -0.507 e. The molecule has 0 bridgehead atoms. The molecule has 0 radical (unpaired) electrons. The first-order valence-electron chi connectivity index (χ1n) is 20.6. The zero-order valence-corrected chi connectivity index (χ0v) is 33.5. The Morgan fingerprint density at radius 2 is 1.18 bits per heavy atom. The molecule has 0 spiro atoms. The van der Waals surface area contributed by atoms with Gasteiger partial charge in [-0.3, -0.25) is 4.57 Å². The molecule has 0 saturated heterocycles. The summed E-state index contributed by atoms with van der Waals surface area (Å²) in [4.78, 5) is 5.22. The Morgan fingerprint density at radius 3 is 1.85 bits per heavy atom. The van der Waals surface area contributed by atoms with Crippen LogP contribution in [0.1, 0.15) is 22.4 Å². The van der Waals surface area contributed by atoms with Crippen LogP contribution in [0.2, 0.25) is 0 Å². The van der Waals surface area contributed by atoms with Crippen molar-refractivity contribution in [2.24, 2.45) is 0 Å². The van der Waals surface area contributed by atoms with Gasteiger partial charge in [0.05, 0.1) is 29.7 Å². The van der Waals surface area contributed by atoms with Crippen LogP contribution < -0.4 is 10.1 Å². The average Bonchev–Trinajstić information content (AvgIpc) is 3.95. The van der Waals surface area contributed by atoms with Crippen molar-refractivity contribution in [1.29, 1.82) is 0 Å². The average molecular weight is 796 g/mol. The van der Waals surface area contributed by atoms with Crippen molar-refractivity contribution in [2.45, 2.75) is 26.2 Å². The lowest BCUT2D eigenvalue weighted by Crippen LogP contribution is -2.80. The topological polar surface area (TPSA) is 94.6 Å². The predicted molar refractivity (Wildman–Crippen MR) is 242 cm³/mol. The van der Waals surface area contributed by atoms with Crippen molar-refractivity contribution in [2.75, 3.05) is 0 Å². The first kappa shape index (κ1) is 37.5. The Hall–Kier alpha value is -7.81. The van der Waals surface area contributed by atoms with Crippen molar-refractivity contribution in [3.63, 3.8) is 0 Å². The fourth-order valence-corrected chi connectivity index (χ4v) is 8.16. The van der Waals surface area contributed by atoms with Gasteiger partial charge in [0.1, 0.15) is 42.7 Å². The summed E-state index contributed by atoms with van der Waals surface area (Å²) in [6, 6.07) is 64.1. The standard InChI is InChI=1S/C53H42N6O2/c60-50-22-12-11-21-48(50)53-55-51(39-13-3-1-4-14-39)52(40-15-5-2-6-16-40)59(53)44-27-23-37(24-28-44)32-54-33-38-25-29-45(30-26-38)61-36-43-34-58(57-56-43)35-49-46-19-9-7-17-41(46)31-42-18-8-10-20-47(42)49/h1-31,34,54,60H,32-33,35-36H2/p+1. The maximum Gasteiger partial charge on any atom is 0.149 e. The van der Waals surface area contributed by atoms with Crippen LogP contribution in [0, 0.1) is 0 Å². The molecule has 2 heterocycles. The number of nitrogens with two attached hydrogens (primary N) is 1. The smallest absolute Gasteiger partial charge is 0.149 e. The van der Waals surface area contributed by atoms with Gasteiger partial charge in [-0.2, -0.15) is 0 Å². The van der Waals surface area contributed by atoms with E-state index in [1.165, 1.54) is 38.2 Å². The van der Waals surface area contributed by atoms with Crippen LogP contribution in [0.4, 0.5) is 0 Å². The molecule has 8 nitrogen and oxygen atoms in total. The minimum absolute atomic E-state index is 0.185. The van der Waals surface area contributed by atoms with E-state index in [9.17, 15) is 5.11 Å². The molecule has 61 heavy (non-hydrogen) atoms. The summed E-state index contributed by atoms with van der Waals surface area (Å²) in [6.07, 6.45) is 1.97. The van der Waals surface area contributed by atoms with Crippen molar-refractivity contribution in [3.8, 4) is 51.1 Å². The summed E-state index contributed by atoms with van der Waals surface area (Å²) in [7, 11) is 0. The predicted octanol–water partition coefficient (Wildman–Crippen LogP) is 10.4. The van der Waals surface area contributed by atoms with Gasteiger partial charge in [0, 0.05) is 27.9 Å². The van der Waals surface area contributed by atoms with Crippen LogP contribution in [0.25, 0.3) is 61.1 Å². The number of quaternary nitrogens is 1.